The maximum atomic E-state index is 11.7. The van der Waals surface area contributed by atoms with Gasteiger partial charge in [-0.3, -0.25) is 4.79 Å². The predicted octanol–water partition coefficient (Wildman–Crippen LogP) is 2.58. The first-order valence-corrected chi connectivity index (χ1v) is 6.24. The van der Waals surface area contributed by atoms with Crippen LogP contribution >= 0.6 is 11.8 Å². The van der Waals surface area contributed by atoms with Crippen molar-refractivity contribution in [3.63, 3.8) is 0 Å². The Labute approximate surface area is 94.0 Å². The minimum Gasteiger partial charge on any atom is -0.465 e. The van der Waals surface area contributed by atoms with Crippen molar-refractivity contribution in [2.45, 2.75) is 18.6 Å². The van der Waals surface area contributed by atoms with Gasteiger partial charge in [0, 0.05) is 0 Å². The quantitative estimate of drug-likeness (QED) is 0.719. The molecule has 15 heavy (non-hydrogen) atoms. The Morgan fingerprint density at radius 3 is 3.13 bits per heavy atom. The van der Waals surface area contributed by atoms with Crippen molar-refractivity contribution in [2.24, 2.45) is 0 Å². The average molecular weight is 222 g/mol. The molecule has 1 aliphatic rings. The van der Waals surface area contributed by atoms with Gasteiger partial charge in [0.05, 0.1) is 6.61 Å². The van der Waals surface area contributed by atoms with Crippen molar-refractivity contribution in [2.75, 3.05) is 12.4 Å². The fourth-order valence-corrected chi connectivity index (χ4v) is 2.99. The Kier molecular flexibility index (Phi) is 3.31. The molecule has 0 fully saturated rings. The van der Waals surface area contributed by atoms with E-state index in [9.17, 15) is 4.79 Å². The van der Waals surface area contributed by atoms with Crippen molar-refractivity contribution >= 4 is 17.7 Å². The summed E-state index contributed by atoms with van der Waals surface area (Å²) in [6.45, 7) is 2.30. The molecule has 0 amide bonds. The molecule has 1 heterocycles. The van der Waals surface area contributed by atoms with Crippen molar-refractivity contribution in [1.82, 2.24) is 0 Å². The van der Waals surface area contributed by atoms with Gasteiger partial charge in [0.1, 0.15) is 5.25 Å². The summed E-state index contributed by atoms with van der Waals surface area (Å²) >= 11 is 1.68. The van der Waals surface area contributed by atoms with Crippen LogP contribution in [0.25, 0.3) is 0 Å². The number of rotatable bonds is 2. The van der Waals surface area contributed by atoms with Gasteiger partial charge in [0.25, 0.3) is 0 Å². The van der Waals surface area contributed by atoms with E-state index in [1.54, 1.807) is 11.8 Å². The molecule has 2 nitrogen and oxygen atoms in total. The fraction of sp³-hybridized carbons (Fsp3) is 0.417. The molecule has 80 valence electrons. The molecule has 1 aliphatic heterocycles. The second-order valence-corrected chi connectivity index (χ2v) is 4.66. The van der Waals surface area contributed by atoms with Crippen LogP contribution < -0.4 is 0 Å². The van der Waals surface area contributed by atoms with Gasteiger partial charge in [-0.2, -0.15) is 0 Å². The van der Waals surface area contributed by atoms with E-state index in [0.717, 1.165) is 17.7 Å². The third-order valence-electron chi connectivity index (χ3n) is 2.49. The Bertz CT molecular complexity index is 362. The SMILES string of the molecule is CCOC(=O)[C@H]1SCCc2ccccc21. The molecule has 3 heteroatoms. The highest BCUT2D eigenvalue weighted by molar-refractivity contribution is 8.00. The smallest absolute Gasteiger partial charge is 0.323 e. The fourth-order valence-electron chi connectivity index (χ4n) is 1.81. The van der Waals surface area contributed by atoms with Crippen molar-refractivity contribution < 1.29 is 9.53 Å². The molecule has 0 bridgehead atoms. The molecule has 1 aromatic rings. The van der Waals surface area contributed by atoms with Gasteiger partial charge in [-0.05, 0) is 30.2 Å². The highest BCUT2D eigenvalue weighted by atomic mass is 32.2. The molecule has 1 atom stereocenters. The van der Waals surface area contributed by atoms with Crippen LogP contribution in [-0.4, -0.2) is 18.3 Å². The topological polar surface area (TPSA) is 26.3 Å². The normalized spacial score (nSPS) is 19.4. The van der Waals surface area contributed by atoms with Crippen LogP contribution in [0.1, 0.15) is 23.3 Å². The number of ether oxygens (including phenoxy) is 1. The van der Waals surface area contributed by atoms with E-state index < -0.39 is 0 Å². The van der Waals surface area contributed by atoms with E-state index in [1.807, 2.05) is 25.1 Å². The van der Waals surface area contributed by atoms with E-state index >= 15 is 0 Å². The monoisotopic (exact) mass is 222 g/mol. The lowest BCUT2D eigenvalue weighted by molar-refractivity contribution is -0.142. The summed E-state index contributed by atoms with van der Waals surface area (Å²) in [7, 11) is 0. The lowest BCUT2D eigenvalue weighted by atomic mass is 10.0. The first-order valence-electron chi connectivity index (χ1n) is 5.19. The molecular formula is C12H14O2S. The van der Waals surface area contributed by atoms with Gasteiger partial charge in [-0.1, -0.05) is 24.3 Å². The summed E-state index contributed by atoms with van der Waals surface area (Å²) in [6.07, 6.45) is 1.05. The largest absolute Gasteiger partial charge is 0.465 e. The summed E-state index contributed by atoms with van der Waals surface area (Å²) in [5.41, 5.74) is 2.42. The number of aryl methyl sites for hydroxylation is 1. The van der Waals surface area contributed by atoms with E-state index in [0.29, 0.717) is 6.61 Å². The number of esters is 1. The second kappa shape index (κ2) is 4.71. The molecule has 0 saturated heterocycles. The van der Waals surface area contributed by atoms with Crippen LogP contribution in [0.2, 0.25) is 0 Å². The molecule has 1 aromatic carbocycles. The summed E-state index contributed by atoms with van der Waals surface area (Å²) in [5, 5.41) is -0.116. The molecule has 0 unspecified atom stereocenters. The maximum absolute atomic E-state index is 11.7. The van der Waals surface area contributed by atoms with Crippen LogP contribution in [0, 0.1) is 0 Å². The predicted molar refractivity (Wildman–Crippen MR) is 62.0 cm³/mol. The van der Waals surface area contributed by atoms with E-state index in [2.05, 4.69) is 6.07 Å². The van der Waals surface area contributed by atoms with Gasteiger partial charge >= 0.3 is 5.97 Å². The van der Waals surface area contributed by atoms with Crippen molar-refractivity contribution in [3.05, 3.63) is 35.4 Å². The van der Waals surface area contributed by atoms with Gasteiger partial charge in [-0.15, -0.1) is 11.8 Å². The molecule has 0 aliphatic carbocycles. The molecule has 0 aromatic heterocycles. The first kappa shape index (κ1) is 10.6. The Hall–Kier alpha value is -0.960. The van der Waals surface area contributed by atoms with Crippen LogP contribution in [0.4, 0.5) is 0 Å². The summed E-state index contributed by atoms with van der Waals surface area (Å²) in [6, 6.07) is 8.14. The Morgan fingerprint density at radius 1 is 1.53 bits per heavy atom. The molecule has 0 saturated carbocycles. The van der Waals surface area contributed by atoms with E-state index in [-0.39, 0.29) is 11.2 Å². The minimum atomic E-state index is -0.116. The second-order valence-electron chi connectivity index (χ2n) is 3.45. The van der Waals surface area contributed by atoms with Gasteiger partial charge in [0.15, 0.2) is 0 Å². The number of carbonyl (C=O) groups is 1. The molecule has 0 N–H and O–H groups in total. The number of hydrogen-bond donors (Lipinski definition) is 0. The standard InChI is InChI=1S/C12H14O2S/c1-2-14-12(13)11-10-6-4-3-5-9(10)7-8-15-11/h3-6,11H,2,7-8H2,1H3/t11-/m0/s1. The molecule has 0 spiro atoms. The van der Waals surface area contributed by atoms with Gasteiger partial charge in [0.2, 0.25) is 0 Å². The highest BCUT2D eigenvalue weighted by Crippen LogP contribution is 2.37. The van der Waals surface area contributed by atoms with Crippen LogP contribution in [0.3, 0.4) is 0 Å². The summed E-state index contributed by atoms with van der Waals surface area (Å²) in [5.74, 6) is 0.898. The van der Waals surface area contributed by atoms with E-state index in [4.69, 9.17) is 4.74 Å². The number of thioether (sulfide) groups is 1. The van der Waals surface area contributed by atoms with Crippen LogP contribution in [-0.2, 0) is 16.0 Å². The first-order chi connectivity index (χ1) is 7.33. The zero-order valence-corrected chi connectivity index (χ0v) is 9.55. The number of fused-ring (bicyclic) bond motifs is 1. The zero-order valence-electron chi connectivity index (χ0n) is 8.73. The minimum absolute atomic E-state index is 0.102. The average Bonchev–Trinajstić information content (AvgIpc) is 2.28. The highest BCUT2D eigenvalue weighted by Gasteiger charge is 2.27. The van der Waals surface area contributed by atoms with Crippen molar-refractivity contribution in [1.29, 1.82) is 0 Å². The number of carbonyl (C=O) groups excluding carboxylic acids is 1. The Morgan fingerprint density at radius 2 is 2.33 bits per heavy atom. The third kappa shape index (κ3) is 2.17. The van der Waals surface area contributed by atoms with Gasteiger partial charge < -0.3 is 4.74 Å². The molecule has 2 rings (SSSR count). The summed E-state index contributed by atoms with van der Waals surface area (Å²) < 4.78 is 5.08. The summed E-state index contributed by atoms with van der Waals surface area (Å²) in [4.78, 5) is 11.7. The lowest BCUT2D eigenvalue weighted by Gasteiger charge is -2.23. The third-order valence-corrected chi connectivity index (χ3v) is 3.71. The van der Waals surface area contributed by atoms with Crippen LogP contribution in [0.15, 0.2) is 24.3 Å². The zero-order chi connectivity index (χ0) is 10.7. The maximum Gasteiger partial charge on any atom is 0.323 e. The number of hydrogen-bond acceptors (Lipinski definition) is 3. The lowest BCUT2D eigenvalue weighted by Crippen LogP contribution is -2.18. The number of benzene rings is 1. The van der Waals surface area contributed by atoms with Gasteiger partial charge in [-0.25, -0.2) is 0 Å². The van der Waals surface area contributed by atoms with Crippen LogP contribution in [0.5, 0.6) is 0 Å². The Balaban J connectivity index is 2.25. The van der Waals surface area contributed by atoms with Crippen molar-refractivity contribution in [3.8, 4) is 0 Å². The molecule has 0 radical (unpaired) electrons. The van der Waals surface area contributed by atoms with E-state index in [1.165, 1.54) is 5.56 Å². The molecular weight excluding hydrogens is 208 g/mol.